The predicted octanol–water partition coefficient (Wildman–Crippen LogP) is 3.69. The van der Waals surface area contributed by atoms with Crippen molar-refractivity contribution in [2.24, 2.45) is 0 Å². The summed E-state index contributed by atoms with van der Waals surface area (Å²) in [7, 11) is 0. The van der Waals surface area contributed by atoms with Gasteiger partial charge in [0.1, 0.15) is 0 Å². The van der Waals surface area contributed by atoms with E-state index in [9.17, 15) is 5.21 Å². The molecule has 1 N–H and O–H groups in total. The highest BCUT2D eigenvalue weighted by Crippen LogP contribution is 2.10. The second-order valence-corrected chi connectivity index (χ2v) is 4.80. The van der Waals surface area contributed by atoms with E-state index in [1.807, 2.05) is 24.3 Å². The van der Waals surface area contributed by atoms with E-state index in [-0.39, 0.29) is 0 Å². The van der Waals surface area contributed by atoms with Gasteiger partial charge in [0.2, 0.25) is 0 Å². The van der Waals surface area contributed by atoms with Crippen LogP contribution in [0.15, 0.2) is 48.5 Å². The number of hydrogen-bond acceptors (Lipinski definition) is 2. The molecule has 0 fully saturated rings. The van der Waals surface area contributed by atoms with Gasteiger partial charge in [0.15, 0.2) is 0 Å². The van der Waals surface area contributed by atoms with Gasteiger partial charge in [-0.1, -0.05) is 59.7 Å². The van der Waals surface area contributed by atoms with Crippen LogP contribution < -0.4 is 0 Å². The molecule has 2 rings (SSSR count). The van der Waals surface area contributed by atoms with Crippen LogP contribution in [0.25, 0.3) is 0 Å². The minimum absolute atomic E-state index is 0.551. The molecule has 0 spiro atoms. The van der Waals surface area contributed by atoms with E-state index in [0.29, 0.717) is 13.1 Å². The molecule has 0 aromatic heterocycles. The maximum Gasteiger partial charge on any atom is 0.0492 e. The monoisotopic (exact) mass is 241 g/mol. The van der Waals surface area contributed by atoms with Crippen LogP contribution in [-0.2, 0) is 13.1 Å². The Morgan fingerprint density at radius 1 is 0.833 bits per heavy atom. The smallest absolute Gasteiger partial charge is 0.0492 e. The molecule has 0 aliphatic rings. The molecular formula is C16H19NO. The second-order valence-electron chi connectivity index (χ2n) is 4.80. The molecule has 0 radical (unpaired) electrons. The zero-order valence-electron chi connectivity index (χ0n) is 10.9. The summed E-state index contributed by atoms with van der Waals surface area (Å²) in [4.78, 5) is 0. The van der Waals surface area contributed by atoms with Crippen LogP contribution in [0.2, 0.25) is 0 Å². The van der Waals surface area contributed by atoms with Crippen molar-refractivity contribution in [1.82, 2.24) is 5.06 Å². The normalized spacial score (nSPS) is 10.9. The molecule has 2 heteroatoms. The summed E-state index contributed by atoms with van der Waals surface area (Å²) in [5.74, 6) is 0. The zero-order valence-corrected chi connectivity index (χ0v) is 10.9. The average molecular weight is 241 g/mol. The Hall–Kier alpha value is -1.64. The second kappa shape index (κ2) is 5.80. The summed E-state index contributed by atoms with van der Waals surface area (Å²) < 4.78 is 0. The fourth-order valence-corrected chi connectivity index (χ4v) is 2.10. The molecule has 0 saturated carbocycles. The molecule has 0 aliphatic carbocycles. The maximum atomic E-state index is 9.97. The van der Waals surface area contributed by atoms with Crippen LogP contribution >= 0.6 is 0 Å². The van der Waals surface area contributed by atoms with Crippen LogP contribution in [0.4, 0.5) is 0 Å². The highest BCUT2D eigenvalue weighted by molar-refractivity contribution is 5.23. The van der Waals surface area contributed by atoms with Gasteiger partial charge in [0.25, 0.3) is 0 Å². The highest BCUT2D eigenvalue weighted by atomic mass is 16.5. The van der Waals surface area contributed by atoms with Crippen molar-refractivity contribution in [3.63, 3.8) is 0 Å². The fraction of sp³-hybridized carbons (Fsp3) is 0.250. The number of aryl methyl sites for hydroxylation is 2. The molecule has 0 amide bonds. The standard InChI is InChI=1S/C16H19NO/c1-13-5-3-7-15(9-13)11-17(18)12-16-8-4-6-14(2)10-16/h3-10,18H,11-12H2,1-2H3. The van der Waals surface area contributed by atoms with Crippen molar-refractivity contribution in [2.45, 2.75) is 26.9 Å². The largest absolute Gasteiger partial charge is 0.313 e. The molecule has 0 heterocycles. The fourth-order valence-electron chi connectivity index (χ4n) is 2.10. The van der Waals surface area contributed by atoms with Gasteiger partial charge in [-0.3, -0.25) is 0 Å². The van der Waals surface area contributed by atoms with Gasteiger partial charge < -0.3 is 5.21 Å². The summed E-state index contributed by atoms with van der Waals surface area (Å²) in [6.07, 6.45) is 0. The Morgan fingerprint density at radius 3 is 1.67 bits per heavy atom. The van der Waals surface area contributed by atoms with Crippen LogP contribution in [0.5, 0.6) is 0 Å². The molecule has 0 bridgehead atoms. The molecule has 2 aromatic rings. The molecule has 94 valence electrons. The molecule has 0 saturated heterocycles. The van der Waals surface area contributed by atoms with Gasteiger partial charge in [-0.25, -0.2) is 0 Å². The Bertz CT molecular complexity index is 475. The number of benzene rings is 2. The van der Waals surface area contributed by atoms with Crippen molar-refractivity contribution in [2.75, 3.05) is 0 Å². The summed E-state index contributed by atoms with van der Waals surface area (Å²) in [6, 6.07) is 16.4. The molecule has 2 aromatic carbocycles. The van der Waals surface area contributed by atoms with Crippen molar-refractivity contribution in [3.8, 4) is 0 Å². The van der Waals surface area contributed by atoms with Gasteiger partial charge in [0, 0.05) is 13.1 Å². The van der Waals surface area contributed by atoms with E-state index >= 15 is 0 Å². The van der Waals surface area contributed by atoms with Gasteiger partial charge in [-0.05, 0) is 25.0 Å². The van der Waals surface area contributed by atoms with Crippen LogP contribution in [0, 0.1) is 13.8 Å². The van der Waals surface area contributed by atoms with Crippen LogP contribution in [0.1, 0.15) is 22.3 Å². The van der Waals surface area contributed by atoms with Gasteiger partial charge in [0.05, 0.1) is 0 Å². The van der Waals surface area contributed by atoms with Gasteiger partial charge in [-0.15, -0.1) is 0 Å². The Kier molecular flexibility index (Phi) is 4.13. The number of nitrogens with zero attached hydrogens (tertiary/aromatic N) is 1. The number of rotatable bonds is 4. The first-order chi connectivity index (χ1) is 8.63. The summed E-state index contributed by atoms with van der Waals surface area (Å²) in [5.41, 5.74) is 4.70. The summed E-state index contributed by atoms with van der Waals surface area (Å²) in [5, 5.41) is 11.3. The summed E-state index contributed by atoms with van der Waals surface area (Å²) >= 11 is 0. The lowest BCUT2D eigenvalue weighted by Gasteiger charge is -2.15. The van der Waals surface area contributed by atoms with Gasteiger partial charge >= 0.3 is 0 Å². The SMILES string of the molecule is Cc1cccc(CN(O)Cc2cccc(C)c2)c1. The molecule has 2 nitrogen and oxygen atoms in total. The minimum atomic E-state index is 0.551. The van der Waals surface area contributed by atoms with E-state index in [1.165, 1.54) is 16.2 Å². The van der Waals surface area contributed by atoms with Crippen molar-refractivity contribution < 1.29 is 5.21 Å². The third-order valence-corrected chi connectivity index (χ3v) is 2.90. The Labute approximate surface area is 108 Å². The number of hydrogen-bond donors (Lipinski definition) is 1. The molecular weight excluding hydrogens is 222 g/mol. The Morgan fingerprint density at radius 2 is 1.28 bits per heavy atom. The first-order valence-electron chi connectivity index (χ1n) is 6.18. The first-order valence-corrected chi connectivity index (χ1v) is 6.18. The molecule has 18 heavy (non-hydrogen) atoms. The quantitative estimate of drug-likeness (QED) is 0.825. The van der Waals surface area contributed by atoms with Crippen LogP contribution in [-0.4, -0.2) is 10.3 Å². The average Bonchev–Trinajstić information content (AvgIpc) is 2.28. The van der Waals surface area contributed by atoms with Crippen molar-refractivity contribution >= 4 is 0 Å². The third-order valence-electron chi connectivity index (χ3n) is 2.90. The van der Waals surface area contributed by atoms with Gasteiger partial charge in [-0.2, -0.15) is 5.06 Å². The van der Waals surface area contributed by atoms with E-state index in [2.05, 4.69) is 38.1 Å². The molecule has 0 unspecified atom stereocenters. The van der Waals surface area contributed by atoms with E-state index < -0.39 is 0 Å². The lowest BCUT2D eigenvalue weighted by atomic mass is 10.1. The van der Waals surface area contributed by atoms with Crippen LogP contribution in [0.3, 0.4) is 0 Å². The van der Waals surface area contributed by atoms with Crippen molar-refractivity contribution in [3.05, 3.63) is 70.8 Å². The topological polar surface area (TPSA) is 23.5 Å². The molecule has 0 atom stereocenters. The van der Waals surface area contributed by atoms with E-state index in [0.717, 1.165) is 11.1 Å². The van der Waals surface area contributed by atoms with E-state index in [1.54, 1.807) is 0 Å². The lowest BCUT2D eigenvalue weighted by molar-refractivity contribution is -0.108. The minimum Gasteiger partial charge on any atom is -0.313 e. The van der Waals surface area contributed by atoms with E-state index in [4.69, 9.17) is 0 Å². The highest BCUT2D eigenvalue weighted by Gasteiger charge is 2.04. The predicted molar refractivity (Wildman–Crippen MR) is 73.4 cm³/mol. The molecule has 0 aliphatic heterocycles. The lowest BCUT2D eigenvalue weighted by Crippen LogP contribution is -2.18. The maximum absolute atomic E-state index is 9.97. The zero-order chi connectivity index (χ0) is 13.0. The first kappa shape index (κ1) is 12.8. The van der Waals surface area contributed by atoms with Crippen molar-refractivity contribution in [1.29, 1.82) is 0 Å². The number of hydroxylamine groups is 2. The summed E-state index contributed by atoms with van der Waals surface area (Å²) in [6.45, 7) is 5.22. The third kappa shape index (κ3) is 3.69. The Balaban J connectivity index is 1.98.